The molecule has 1 aromatic rings. The third-order valence-corrected chi connectivity index (χ3v) is 3.48. The van der Waals surface area contributed by atoms with Gasteiger partial charge in [0.2, 0.25) is 0 Å². The summed E-state index contributed by atoms with van der Waals surface area (Å²) < 4.78 is 5.87. The number of nitrogens with one attached hydrogen (secondary N) is 1. The minimum Gasteiger partial charge on any atom is -0.383 e. The van der Waals surface area contributed by atoms with Gasteiger partial charge in [-0.15, -0.1) is 0 Å². The molecule has 2 unspecified atom stereocenters. The number of hydrogen-bond acceptors (Lipinski definition) is 5. The third-order valence-electron chi connectivity index (χ3n) is 3.48. The lowest BCUT2D eigenvalue weighted by molar-refractivity contribution is -0.0564. The first-order valence-electron chi connectivity index (χ1n) is 6.31. The fourth-order valence-corrected chi connectivity index (χ4v) is 2.25. The molecule has 0 saturated carbocycles. The lowest BCUT2D eigenvalue weighted by Gasteiger charge is -2.37. The molecule has 1 aromatic heterocycles. The highest BCUT2D eigenvalue weighted by atomic mass is 16.5. The lowest BCUT2D eigenvalue weighted by Crippen LogP contribution is -2.47. The number of nitrogens with zero attached hydrogens (tertiary/aromatic N) is 1. The van der Waals surface area contributed by atoms with E-state index in [1.807, 2.05) is 26.8 Å². The summed E-state index contributed by atoms with van der Waals surface area (Å²) in [4.78, 5) is 4.14. The summed E-state index contributed by atoms with van der Waals surface area (Å²) >= 11 is 0. The van der Waals surface area contributed by atoms with Crippen molar-refractivity contribution in [2.45, 2.75) is 45.8 Å². The van der Waals surface area contributed by atoms with Crippen LogP contribution >= 0.6 is 0 Å². The quantitative estimate of drug-likeness (QED) is 0.530. The van der Waals surface area contributed by atoms with Crippen LogP contribution in [0, 0.1) is 6.92 Å². The second kappa shape index (κ2) is 6.13. The summed E-state index contributed by atoms with van der Waals surface area (Å²) in [6, 6.07) is 1.74. The van der Waals surface area contributed by atoms with Gasteiger partial charge in [0.1, 0.15) is 5.82 Å². The zero-order valence-corrected chi connectivity index (χ0v) is 11.7. The zero-order valence-electron chi connectivity index (χ0n) is 11.7. The Hall–Kier alpha value is -1.17. The van der Waals surface area contributed by atoms with Crippen LogP contribution in [0.3, 0.4) is 0 Å². The normalized spacial score (nSPS) is 16.3. The highest BCUT2D eigenvalue weighted by Crippen LogP contribution is 2.35. The zero-order chi connectivity index (χ0) is 13.8. The van der Waals surface area contributed by atoms with Crippen LogP contribution < -0.4 is 17.0 Å². The first kappa shape index (κ1) is 14.9. The van der Waals surface area contributed by atoms with E-state index in [4.69, 9.17) is 16.3 Å². The maximum absolute atomic E-state index is 5.98. The smallest absolute Gasteiger partial charge is 0.128 e. The Bertz CT molecular complexity index is 376. The van der Waals surface area contributed by atoms with Gasteiger partial charge in [-0.25, -0.2) is 10.4 Å². The second-order valence-electron chi connectivity index (χ2n) is 4.63. The Kier molecular flexibility index (Phi) is 5.07. The molecular formula is C13H24N4O. The topological polar surface area (TPSA) is 86.2 Å². The van der Waals surface area contributed by atoms with Gasteiger partial charge in [0.05, 0.1) is 11.6 Å². The number of aromatic nitrogens is 1. The average Bonchev–Trinajstić information content (AvgIpc) is 2.34. The molecule has 0 bridgehead atoms. The van der Waals surface area contributed by atoms with Crippen LogP contribution in [0.5, 0.6) is 0 Å². The first-order chi connectivity index (χ1) is 8.50. The van der Waals surface area contributed by atoms with Gasteiger partial charge in [0.25, 0.3) is 0 Å². The molecule has 0 aliphatic heterocycles. The number of ether oxygens (including phenoxy) is 1. The van der Waals surface area contributed by atoms with Crippen molar-refractivity contribution in [3.63, 3.8) is 0 Å². The van der Waals surface area contributed by atoms with E-state index in [2.05, 4.69) is 17.3 Å². The van der Waals surface area contributed by atoms with Crippen LogP contribution in [-0.2, 0) is 4.74 Å². The largest absolute Gasteiger partial charge is 0.383 e. The number of aryl methyl sites for hydroxylation is 1. The summed E-state index contributed by atoms with van der Waals surface area (Å²) in [5, 5.41) is 0. The number of anilines is 1. The molecule has 102 valence electrons. The van der Waals surface area contributed by atoms with Crippen molar-refractivity contribution in [1.82, 2.24) is 10.4 Å². The maximum Gasteiger partial charge on any atom is 0.128 e. The number of nitrogens with two attached hydrogens (primary N) is 2. The van der Waals surface area contributed by atoms with E-state index in [1.165, 1.54) is 0 Å². The summed E-state index contributed by atoms with van der Waals surface area (Å²) in [7, 11) is 0. The van der Waals surface area contributed by atoms with Gasteiger partial charge in [-0.3, -0.25) is 5.84 Å². The lowest BCUT2D eigenvalue weighted by atomic mass is 9.86. The summed E-state index contributed by atoms with van der Waals surface area (Å²) in [5.41, 5.74) is 10.4. The van der Waals surface area contributed by atoms with Gasteiger partial charge in [-0.05, 0) is 38.8 Å². The molecule has 5 heteroatoms. The first-order valence-corrected chi connectivity index (χ1v) is 6.31. The third kappa shape index (κ3) is 2.80. The molecule has 0 fully saturated rings. The van der Waals surface area contributed by atoms with Crippen molar-refractivity contribution in [2.75, 3.05) is 12.3 Å². The van der Waals surface area contributed by atoms with Crippen LogP contribution in [0.4, 0.5) is 5.82 Å². The highest BCUT2D eigenvalue weighted by molar-refractivity contribution is 5.47. The Morgan fingerprint density at radius 1 is 1.50 bits per heavy atom. The molecule has 1 heterocycles. The molecule has 18 heavy (non-hydrogen) atoms. The van der Waals surface area contributed by atoms with Crippen molar-refractivity contribution >= 4 is 5.82 Å². The van der Waals surface area contributed by atoms with Crippen LogP contribution in [0.2, 0.25) is 0 Å². The van der Waals surface area contributed by atoms with E-state index >= 15 is 0 Å². The van der Waals surface area contributed by atoms with E-state index in [-0.39, 0.29) is 6.04 Å². The van der Waals surface area contributed by atoms with Gasteiger partial charge in [0.15, 0.2) is 0 Å². The van der Waals surface area contributed by atoms with Crippen molar-refractivity contribution in [3.05, 3.63) is 23.4 Å². The predicted molar refractivity (Wildman–Crippen MR) is 73.8 cm³/mol. The van der Waals surface area contributed by atoms with E-state index in [0.717, 1.165) is 17.5 Å². The van der Waals surface area contributed by atoms with Gasteiger partial charge in [-0.2, -0.15) is 0 Å². The van der Waals surface area contributed by atoms with Crippen LogP contribution in [0.15, 0.2) is 12.3 Å². The van der Waals surface area contributed by atoms with Crippen molar-refractivity contribution in [3.8, 4) is 0 Å². The molecule has 0 spiro atoms. The summed E-state index contributed by atoms with van der Waals surface area (Å²) in [6.45, 7) is 8.71. The van der Waals surface area contributed by atoms with Crippen molar-refractivity contribution in [2.24, 2.45) is 5.84 Å². The molecule has 2 atom stereocenters. The molecule has 0 aromatic carbocycles. The van der Waals surface area contributed by atoms with E-state index < -0.39 is 5.60 Å². The van der Waals surface area contributed by atoms with Crippen LogP contribution in [0.25, 0.3) is 0 Å². The minimum absolute atomic E-state index is 0.184. The molecule has 1 rings (SSSR count). The second-order valence-corrected chi connectivity index (χ2v) is 4.63. The van der Waals surface area contributed by atoms with Gasteiger partial charge in [0, 0.05) is 18.4 Å². The number of hydrogen-bond donors (Lipinski definition) is 3. The Morgan fingerprint density at radius 3 is 2.61 bits per heavy atom. The molecule has 0 amide bonds. The van der Waals surface area contributed by atoms with Crippen molar-refractivity contribution < 1.29 is 4.74 Å². The fourth-order valence-electron chi connectivity index (χ4n) is 2.25. The highest BCUT2D eigenvalue weighted by Gasteiger charge is 2.36. The van der Waals surface area contributed by atoms with Gasteiger partial charge >= 0.3 is 0 Å². The van der Waals surface area contributed by atoms with E-state index in [9.17, 15) is 0 Å². The monoisotopic (exact) mass is 252 g/mol. The predicted octanol–water partition coefficient (Wildman–Crippen LogP) is 1.68. The molecule has 5 nitrogen and oxygen atoms in total. The molecular weight excluding hydrogens is 228 g/mol. The fraction of sp³-hybridized carbons (Fsp3) is 0.615. The van der Waals surface area contributed by atoms with Gasteiger partial charge < -0.3 is 10.5 Å². The number of nitrogen functional groups attached to an aromatic ring is 1. The van der Waals surface area contributed by atoms with Crippen molar-refractivity contribution in [1.29, 1.82) is 0 Å². The Morgan fingerprint density at radius 2 is 2.17 bits per heavy atom. The average molecular weight is 252 g/mol. The van der Waals surface area contributed by atoms with Crippen LogP contribution in [-0.4, -0.2) is 17.2 Å². The summed E-state index contributed by atoms with van der Waals surface area (Å²) in [6.07, 6.45) is 2.52. The maximum atomic E-state index is 5.98. The standard InChI is InChI=1S/C13H24N4O/c1-5-13(4,18-6-2)11(17-15)10-9(3)7-8-16-12(10)14/h7-8,11,17H,5-6,15H2,1-4H3,(H2,14,16). The molecule has 0 aliphatic rings. The Labute approximate surface area is 109 Å². The Balaban J connectivity index is 3.24. The van der Waals surface area contributed by atoms with Gasteiger partial charge in [-0.1, -0.05) is 6.92 Å². The summed E-state index contributed by atoms with van der Waals surface area (Å²) in [5.74, 6) is 6.22. The number of pyridine rings is 1. The molecule has 5 N–H and O–H groups in total. The van der Waals surface area contributed by atoms with Crippen LogP contribution in [0.1, 0.15) is 44.4 Å². The van der Waals surface area contributed by atoms with E-state index in [0.29, 0.717) is 12.4 Å². The SMILES string of the molecule is CCOC(C)(CC)C(NN)c1c(C)ccnc1N. The number of rotatable bonds is 6. The molecule has 0 radical (unpaired) electrons. The number of hydrazine groups is 1. The molecule has 0 aliphatic carbocycles. The van der Waals surface area contributed by atoms with E-state index in [1.54, 1.807) is 6.20 Å². The molecule has 0 saturated heterocycles. The minimum atomic E-state index is -0.411.